The van der Waals surface area contributed by atoms with E-state index in [4.69, 9.17) is 4.74 Å². The average Bonchev–Trinajstić information content (AvgIpc) is 2.45. The molecule has 1 aromatic carbocycles. The standard InChI is InChI=1S/C16H24N2O2/c1-12(2)11-20-15-6-4-14(5-7-15)16(19)18-9-8-17-10-13(18)3/h4-7,12-13,17H,8-11H2,1-3H3/t13-/m1/s1. The summed E-state index contributed by atoms with van der Waals surface area (Å²) >= 11 is 0. The van der Waals surface area contributed by atoms with E-state index in [1.807, 2.05) is 29.2 Å². The van der Waals surface area contributed by atoms with Crippen molar-refractivity contribution in [2.45, 2.75) is 26.8 Å². The Hall–Kier alpha value is -1.55. The Labute approximate surface area is 121 Å². The van der Waals surface area contributed by atoms with Crippen molar-refractivity contribution in [2.75, 3.05) is 26.2 Å². The summed E-state index contributed by atoms with van der Waals surface area (Å²) in [7, 11) is 0. The van der Waals surface area contributed by atoms with Crippen molar-refractivity contribution in [1.29, 1.82) is 0 Å². The van der Waals surface area contributed by atoms with Crippen molar-refractivity contribution < 1.29 is 9.53 Å². The summed E-state index contributed by atoms with van der Waals surface area (Å²) in [6.07, 6.45) is 0. The minimum absolute atomic E-state index is 0.106. The number of piperazine rings is 1. The first-order valence-electron chi connectivity index (χ1n) is 7.32. The highest BCUT2D eigenvalue weighted by Crippen LogP contribution is 2.16. The fraction of sp³-hybridized carbons (Fsp3) is 0.562. The second kappa shape index (κ2) is 6.75. The van der Waals surface area contributed by atoms with Gasteiger partial charge in [0.2, 0.25) is 0 Å². The van der Waals surface area contributed by atoms with Crippen LogP contribution in [-0.4, -0.2) is 43.1 Å². The zero-order valence-corrected chi connectivity index (χ0v) is 12.6. The molecule has 1 aliphatic rings. The molecule has 1 heterocycles. The number of nitrogens with one attached hydrogen (secondary N) is 1. The molecule has 1 N–H and O–H groups in total. The van der Waals surface area contributed by atoms with Crippen LogP contribution in [0.15, 0.2) is 24.3 Å². The lowest BCUT2D eigenvalue weighted by atomic mass is 10.1. The number of benzene rings is 1. The monoisotopic (exact) mass is 276 g/mol. The molecule has 4 heteroatoms. The highest BCUT2D eigenvalue weighted by atomic mass is 16.5. The van der Waals surface area contributed by atoms with Gasteiger partial charge in [0.05, 0.1) is 6.61 Å². The summed E-state index contributed by atoms with van der Waals surface area (Å²) in [5.41, 5.74) is 0.732. The molecular weight excluding hydrogens is 252 g/mol. The van der Waals surface area contributed by atoms with Crippen molar-refractivity contribution in [3.05, 3.63) is 29.8 Å². The van der Waals surface area contributed by atoms with Crippen LogP contribution in [0, 0.1) is 5.92 Å². The number of amides is 1. The molecule has 0 unspecified atom stereocenters. The molecule has 110 valence electrons. The van der Waals surface area contributed by atoms with Gasteiger partial charge in [0, 0.05) is 31.2 Å². The first-order chi connectivity index (χ1) is 9.58. The Balaban J connectivity index is 2.00. The van der Waals surface area contributed by atoms with E-state index in [9.17, 15) is 4.79 Å². The largest absolute Gasteiger partial charge is 0.493 e. The number of hydrogen-bond acceptors (Lipinski definition) is 3. The smallest absolute Gasteiger partial charge is 0.254 e. The molecule has 1 aliphatic heterocycles. The number of rotatable bonds is 4. The maximum absolute atomic E-state index is 12.4. The van der Waals surface area contributed by atoms with Gasteiger partial charge in [-0.15, -0.1) is 0 Å². The van der Waals surface area contributed by atoms with Gasteiger partial charge in [-0.25, -0.2) is 0 Å². The molecule has 2 rings (SSSR count). The van der Waals surface area contributed by atoms with Crippen LogP contribution in [0.3, 0.4) is 0 Å². The molecule has 1 aromatic rings. The van der Waals surface area contributed by atoms with E-state index >= 15 is 0 Å². The molecule has 0 aromatic heterocycles. The van der Waals surface area contributed by atoms with Crippen LogP contribution in [0.5, 0.6) is 5.75 Å². The van der Waals surface area contributed by atoms with Gasteiger partial charge in [-0.1, -0.05) is 13.8 Å². The summed E-state index contributed by atoms with van der Waals surface area (Å²) in [5.74, 6) is 1.43. The highest BCUT2D eigenvalue weighted by molar-refractivity contribution is 5.94. The Morgan fingerprint density at radius 3 is 2.70 bits per heavy atom. The lowest BCUT2D eigenvalue weighted by Crippen LogP contribution is -2.52. The van der Waals surface area contributed by atoms with E-state index in [0.717, 1.165) is 30.9 Å². The zero-order chi connectivity index (χ0) is 14.5. The summed E-state index contributed by atoms with van der Waals surface area (Å²) < 4.78 is 5.63. The number of hydrogen-bond donors (Lipinski definition) is 1. The van der Waals surface area contributed by atoms with Gasteiger partial charge in [-0.2, -0.15) is 0 Å². The van der Waals surface area contributed by atoms with Crippen molar-refractivity contribution in [3.8, 4) is 5.75 Å². The molecule has 1 atom stereocenters. The van der Waals surface area contributed by atoms with Crippen LogP contribution < -0.4 is 10.1 Å². The zero-order valence-electron chi connectivity index (χ0n) is 12.6. The van der Waals surface area contributed by atoms with Crippen molar-refractivity contribution >= 4 is 5.91 Å². The molecule has 0 spiro atoms. The van der Waals surface area contributed by atoms with Crippen LogP contribution in [-0.2, 0) is 0 Å². The number of carbonyl (C=O) groups is 1. The third-order valence-corrected chi connectivity index (χ3v) is 3.45. The van der Waals surface area contributed by atoms with Gasteiger partial charge >= 0.3 is 0 Å². The molecule has 0 radical (unpaired) electrons. The number of carbonyl (C=O) groups excluding carboxylic acids is 1. The van der Waals surface area contributed by atoms with Gasteiger partial charge in [0.15, 0.2) is 0 Å². The molecule has 1 saturated heterocycles. The molecule has 1 amide bonds. The Kier molecular flexibility index (Phi) is 5.01. The van der Waals surface area contributed by atoms with E-state index in [2.05, 4.69) is 26.1 Å². The van der Waals surface area contributed by atoms with Crippen LogP contribution in [0.25, 0.3) is 0 Å². The van der Waals surface area contributed by atoms with E-state index in [0.29, 0.717) is 12.5 Å². The van der Waals surface area contributed by atoms with E-state index in [1.54, 1.807) is 0 Å². The third-order valence-electron chi connectivity index (χ3n) is 3.45. The summed E-state index contributed by atoms with van der Waals surface area (Å²) in [6.45, 7) is 9.50. The Morgan fingerprint density at radius 1 is 1.40 bits per heavy atom. The van der Waals surface area contributed by atoms with Crippen LogP contribution in [0.2, 0.25) is 0 Å². The fourth-order valence-corrected chi connectivity index (χ4v) is 2.27. The fourth-order valence-electron chi connectivity index (χ4n) is 2.27. The Bertz CT molecular complexity index is 442. The highest BCUT2D eigenvalue weighted by Gasteiger charge is 2.23. The van der Waals surface area contributed by atoms with Crippen molar-refractivity contribution in [3.63, 3.8) is 0 Å². The minimum atomic E-state index is 0.106. The van der Waals surface area contributed by atoms with E-state index < -0.39 is 0 Å². The topological polar surface area (TPSA) is 41.6 Å². The minimum Gasteiger partial charge on any atom is -0.493 e. The molecule has 0 aliphatic carbocycles. The van der Waals surface area contributed by atoms with E-state index in [-0.39, 0.29) is 11.9 Å². The van der Waals surface area contributed by atoms with Crippen LogP contribution >= 0.6 is 0 Å². The molecule has 4 nitrogen and oxygen atoms in total. The van der Waals surface area contributed by atoms with E-state index in [1.165, 1.54) is 0 Å². The average molecular weight is 276 g/mol. The number of nitrogens with zero attached hydrogens (tertiary/aromatic N) is 1. The van der Waals surface area contributed by atoms with Gasteiger partial charge < -0.3 is 15.0 Å². The summed E-state index contributed by atoms with van der Waals surface area (Å²) in [6, 6.07) is 7.71. The first-order valence-corrected chi connectivity index (χ1v) is 7.32. The normalized spacial score (nSPS) is 19.2. The van der Waals surface area contributed by atoms with Gasteiger partial charge in [-0.3, -0.25) is 4.79 Å². The Morgan fingerprint density at radius 2 is 2.10 bits per heavy atom. The molecular formula is C16H24N2O2. The second-order valence-corrected chi connectivity index (χ2v) is 5.78. The van der Waals surface area contributed by atoms with Crippen molar-refractivity contribution in [1.82, 2.24) is 10.2 Å². The predicted molar refractivity (Wildman–Crippen MR) is 80.1 cm³/mol. The number of ether oxygens (including phenoxy) is 1. The van der Waals surface area contributed by atoms with Crippen molar-refractivity contribution in [2.24, 2.45) is 5.92 Å². The third kappa shape index (κ3) is 3.73. The summed E-state index contributed by atoms with van der Waals surface area (Å²) in [4.78, 5) is 14.4. The molecule has 0 bridgehead atoms. The van der Waals surface area contributed by atoms with Gasteiger partial charge in [-0.05, 0) is 37.1 Å². The molecule has 1 fully saturated rings. The van der Waals surface area contributed by atoms with Gasteiger partial charge in [0.1, 0.15) is 5.75 Å². The quantitative estimate of drug-likeness (QED) is 0.916. The predicted octanol–water partition coefficient (Wildman–Crippen LogP) is 2.16. The lowest BCUT2D eigenvalue weighted by Gasteiger charge is -2.34. The SMILES string of the molecule is CC(C)COc1ccc(C(=O)N2CCNC[C@H]2C)cc1. The maximum atomic E-state index is 12.4. The van der Waals surface area contributed by atoms with Crippen LogP contribution in [0.4, 0.5) is 0 Å². The van der Waals surface area contributed by atoms with Crippen LogP contribution in [0.1, 0.15) is 31.1 Å². The molecule has 20 heavy (non-hydrogen) atoms. The maximum Gasteiger partial charge on any atom is 0.254 e. The summed E-state index contributed by atoms with van der Waals surface area (Å²) in [5, 5.41) is 3.29. The lowest BCUT2D eigenvalue weighted by molar-refractivity contribution is 0.0655. The second-order valence-electron chi connectivity index (χ2n) is 5.78. The van der Waals surface area contributed by atoms with Gasteiger partial charge in [0.25, 0.3) is 5.91 Å². The first kappa shape index (κ1) is 14.9. The molecule has 0 saturated carbocycles.